The number of nitrogens with two attached hydrogens (primary N) is 1. The van der Waals surface area contributed by atoms with E-state index in [1.807, 2.05) is 12.1 Å². The number of aryl methyl sites for hydroxylation is 2. The SMILES string of the molecule is NC1(COP(=O)(O)O)CCC(c2ccc3c(c2)CCc2nc(-c4onc(-c5ccccc5)c4C(F)(F)F)sc2-3)C1. The second kappa shape index (κ2) is 9.90. The maximum Gasteiger partial charge on any atom is 0.469 e. The van der Waals surface area contributed by atoms with Gasteiger partial charge >= 0.3 is 14.0 Å². The number of nitrogens with zero attached hydrogens (tertiary/aromatic N) is 2. The first-order valence-electron chi connectivity index (χ1n) is 12.6. The van der Waals surface area contributed by atoms with Crippen molar-refractivity contribution in [3.05, 3.63) is 70.9 Å². The van der Waals surface area contributed by atoms with Gasteiger partial charge in [0.1, 0.15) is 11.3 Å². The summed E-state index contributed by atoms with van der Waals surface area (Å²) >= 11 is 1.16. The van der Waals surface area contributed by atoms with Crippen LogP contribution in [-0.4, -0.2) is 32.1 Å². The first-order valence-corrected chi connectivity index (χ1v) is 15.0. The molecule has 4 aromatic rings. The highest BCUT2D eigenvalue weighted by molar-refractivity contribution is 7.46. The van der Waals surface area contributed by atoms with Gasteiger partial charge in [0.25, 0.3) is 0 Å². The molecule has 2 unspecified atom stereocenters. The Bertz CT molecular complexity index is 1620. The van der Waals surface area contributed by atoms with Gasteiger partial charge in [-0.2, -0.15) is 13.2 Å². The minimum Gasteiger partial charge on any atom is -0.352 e. The van der Waals surface area contributed by atoms with Gasteiger partial charge in [0.2, 0.25) is 5.76 Å². The van der Waals surface area contributed by atoms with Gasteiger partial charge in [-0.25, -0.2) is 9.55 Å². The van der Waals surface area contributed by atoms with Crippen LogP contribution in [0.3, 0.4) is 0 Å². The lowest BCUT2D eigenvalue weighted by molar-refractivity contribution is -0.136. The Kier molecular flexibility index (Phi) is 6.76. The molecule has 2 aromatic carbocycles. The van der Waals surface area contributed by atoms with Crippen molar-refractivity contribution in [2.45, 2.75) is 49.7 Å². The third-order valence-corrected chi connectivity index (χ3v) is 9.15. The number of alkyl halides is 3. The molecule has 13 heteroatoms. The van der Waals surface area contributed by atoms with Gasteiger partial charge in [0, 0.05) is 11.1 Å². The van der Waals surface area contributed by atoms with Gasteiger partial charge in [-0.1, -0.05) is 53.7 Å². The molecule has 6 rings (SSSR count). The molecule has 0 aliphatic heterocycles. The summed E-state index contributed by atoms with van der Waals surface area (Å²) in [5.41, 5.74) is 8.44. The van der Waals surface area contributed by atoms with E-state index >= 15 is 0 Å². The maximum atomic E-state index is 14.2. The second-order valence-electron chi connectivity index (χ2n) is 10.4. The monoisotopic (exact) mass is 591 g/mol. The lowest BCUT2D eigenvalue weighted by Crippen LogP contribution is -2.41. The Morgan fingerprint density at radius 3 is 2.67 bits per heavy atom. The summed E-state index contributed by atoms with van der Waals surface area (Å²) in [6.45, 7) is -0.223. The number of halogens is 3. The number of thiazole rings is 1. The standard InChI is InChI=1S/C27H25F3N3O5PS/c28-27(29,30)21-22(15-4-2-1-3-5-15)33-38-23(21)25-32-20-9-7-17-12-16(6-8-19(17)24(20)40-25)18-10-11-26(31,13-18)14-37-39(34,35)36/h1-6,8,12,18H,7,9-11,13-14,31H2,(H2,34,35,36). The highest BCUT2D eigenvalue weighted by atomic mass is 32.1. The number of hydrogen-bond acceptors (Lipinski definition) is 7. The molecule has 4 N–H and O–H groups in total. The van der Waals surface area contributed by atoms with Crippen molar-refractivity contribution < 1.29 is 36.6 Å². The lowest BCUT2D eigenvalue weighted by Gasteiger charge is -2.24. The summed E-state index contributed by atoms with van der Waals surface area (Å²) in [7, 11) is -4.60. The molecule has 8 nitrogen and oxygen atoms in total. The third-order valence-electron chi connectivity index (χ3n) is 7.55. The summed E-state index contributed by atoms with van der Waals surface area (Å²) in [4.78, 5) is 23.4. The number of aromatic nitrogens is 2. The average Bonchev–Trinajstić information content (AvgIpc) is 3.64. The van der Waals surface area contributed by atoms with Gasteiger partial charge in [-0.05, 0) is 54.7 Å². The predicted octanol–water partition coefficient (Wildman–Crippen LogP) is 6.32. The van der Waals surface area contributed by atoms with Gasteiger partial charge in [0.05, 0.1) is 17.2 Å². The van der Waals surface area contributed by atoms with E-state index in [4.69, 9.17) is 20.0 Å². The van der Waals surface area contributed by atoms with Crippen LogP contribution in [0, 0.1) is 0 Å². The normalized spacial score (nSPS) is 20.9. The largest absolute Gasteiger partial charge is 0.469 e. The Morgan fingerprint density at radius 2 is 1.95 bits per heavy atom. The van der Waals surface area contributed by atoms with E-state index < -0.39 is 25.1 Å². The van der Waals surface area contributed by atoms with E-state index in [0.29, 0.717) is 31.2 Å². The molecule has 0 saturated heterocycles. The van der Waals surface area contributed by atoms with Crippen molar-refractivity contribution >= 4 is 19.2 Å². The van der Waals surface area contributed by atoms with E-state index in [9.17, 15) is 17.7 Å². The molecule has 2 aromatic heterocycles. The quantitative estimate of drug-likeness (QED) is 0.222. The Balaban J connectivity index is 1.29. The van der Waals surface area contributed by atoms with Crippen LogP contribution >= 0.6 is 19.2 Å². The van der Waals surface area contributed by atoms with Crippen LogP contribution in [0.15, 0.2) is 53.1 Å². The van der Waals surface area contributed by atoms with Crippen LogP contribution in [0.4, 0.5) is 13.2 Å². The molecule has 0 radical (unpaired) electrons. The summed E-state index contributed by atoms with van der Waals surface area (Å²) in [6.07, 6.45) is -1.58. The average molecular weight is 592 g/mol. The molecule has 0 amide bonds. The number of rotatable bonds is 6. The number of fused-ring (bicyclic) bond motifs is 3. The van der Waals surface area contributed by atoms with Gasteiger partial charge in [0.15, 0.2) is 5.01 Å². The van der Waals surface area contributed by atoms with Gasteiger partial charge in [-0.15, -0.1) is 11.3 Å². The van der Waals surface area contributed by atoms with Crippen molar-refractivity contribution in [2.75, 3.05) is 6.61 Å². The van der Waals surface area contributed by atoms with E-state index in [1.54, 1.807) is 30.3 Å². The number of phosphoric ester groups is 1. The van der Waals surface area contributed by atoms with E-state index in [-0.39, 0.29) is 29.0 Å². The van der Waals surface area contributed by atoms with Crippen LogP contribution in [0.2, 0.25) is 0 Å². The summed E-state index contributed by atoms with van der Waals surface area (Å²) in [5, 5.41) is 3.92. The van der Waals surface area contributed by atoms with Crippen molar-refractivity contribution in [3.8, 4) is 32.5 Å². The van der Waals surface area contributed by atoms with Crippen LogP contribution < -0.4 is 5.73 Å². The highest BCUT2D eigenvalue weighted by Crippen LogP contribution is 2.49. The summed E-state index contributed by atoms with van der Waals surface area (Å²) in [6, 6.07) is 14.2. The molecule has 2 aliphatic carbocycles. The third kappa shape index (κ3) is 5.27. The molecule has 40 heavy (non-hydrogen) atoms. The smallest absolute Gasteiger partial charge is 0.352 e. The van der Waals surface area contributed by atoms with Crippen molar-refractivity contribution in [2.24, 2.45) is 5.73 Å². The number of benzene rings is 2. The first kappa shape index (κ1) is 27.3. The zero-order chi connectivity index (χ0) is 28.3. The van der Waals surface area contributed by atoms with Crippen LogP contribution in [0.1, 0.15) is 47.6 Å². The summed E-state index contributed by atoms with van der Waals surface area (Å²) < 4.78 is 63.7. The lowest BCUT2D eigenvalue weighted by atomic mass is 9.87. The molecular formula is C27H25F3N3O5PS. The van der Waals surface area contributed by atoms with E-state index in [2.05, 4.69) is 20.7 Å². The molecule has 2 aliphatic rings. The van der Waals surface area contributed by atoms with Crippen LogP contribution in [-0.2, 0) is 28.1 Å². The number of phosphoric acid groups is 1. The molecule has 1 fully saturated rings. The Labute approximate surface area is 231 Å². The molecule has 1 saturated carbocycles. The van der Waals surface area contributed by atoms with Crippen LogP contribution in [0.25, 0.3) is 32.5 Å². The number of hydrogen-bond donors (Lipinski definition) is 3. The Morgan fingerprint density at radius 1 is 1.18 bits per heavy atom. The fourth-order valence-electron chi connectivity index (χ4n) is 5.65. The fraction of sp³-hybridized carbons (Fsp3) is 0.333. The molecule has 210 valence electrons. The zero-order valence-electron chi connectivity index (χ0n) is 21.0. The van der Waals surface area contributed by atoms with Crippen molar-refractivity contribution in [3.63, 3.8) is 0 Å². The highest BCUT2D eigenvalue weighted by Gasteiger charge is 2.43. The Hall–Kier alpha value is -2.86. The molecule has 0 bridgehead atoms. The van der Waals surface area contributed by atoms with Gasteiger partial charge < -0.3 is 20.0 Å². The molecule has 0 spiro atoms. The van der Waals surface area contributed by atoms with E-state index in [0.717, 1.165) is 45.0 Å². The molecule has 2 heterocycles. The van der Waals surface area contributed by atoms with Crippen molar-refractivity contribution in [1.29, 1.82) is 0 Å². The fourth-order valence-corrected chi connectivity index (χ4v) is 7.24. The second-order valence-corrected chi connectivity index (χ2v) is 12.6. The minimum atomic E-state index is -4.69. The minimum absolute atomic E-state index is 0.106. The zero-order valence-corrected chi connectivity index (χ0v) is 22.7. The van der Waals surface area contributed by atoms with Gasteiger partial charge in [-0.3, -0.25) is 4.52 Å². The van der Waals surface area contributed by atoms with Crippen molar-refractivity contribution in [1.82, 2.24) is 10.1 Å². The maximum absolute atomic E-state index is 14.2. The van der Waals surface area contributed by atoms with E-state index in [1.165, 1.54) is 0 Å². The molecular weight excluding hydrogens is 566 g/mol. The van der Waals surface area contributed by atoms with Crippen LogP contribution in [0.5, 0.6) is 0 Å². The first-order chi connectivity index (χ1) is 18.9. The predicted molar refractivity (Wildman–Crippen MR) is 142 cm³/mol. The topological polar surface area (TPSA) is 132 Å². The molecule has 2 atom stereocenters. The summed E-state index contributed by atoms with van der Waals surface area (Å²) in [5.74, 6) is -0.277.